The van der Waals surface area contributed by atoms with Gasteiger partial charge in [-0.05, 0) is 13.0 Å². The Bertz CT molecular complexity index is 292. The van der Waals surface area contributed by atoms with Crippen molar-refractivity contribution in [3.05, 3.63) is 17.5 Å². The molecule has 0 bridgehead atoms. The van der Waals surface area contributed by atoms with Crippen LogP contribution in [0.15, 0.2) is 6.07 Å². The lowest BCUT2D eigenvalue weighted by molar-refractivity contribution is 0.217. The summed E-state index contributed by atoms with van der Waals surface area (Å²) in [5.74, 6) is 0. The number of nitrogens with zero attached hydrogens (tertiary/aromatic N) is 2. The Labute approximate surface area is 77.1 Å². The molecular weight excluding hydrogens is 168 g/mol. The fourth-order valence-corrected chi connectivity index (χ4v) is 0.889. The van der Waals surface area contributed by atoms with Gasteiger partial charge < -0.3 is 10.2 Å². The molecule has 0 spiro atoms. The van der Waals surface area contributed by atoms with Crippen molar-refractivity contribution in [3.8, 4) is 0 Å². The lowest BCUT2D eigenvalue weighted by Crippen LogP contribution is -2.34. The minimum atomic E-state index is -0.111. The number of aromatic amines is 1. The molecule has 1 aromatic rings. The average molecular weight is 182 g/mol. The molecule has 1 rings (SSSR count). The molecule has 0 radical (unpaired) electrons. The van der Waals surface area contributed by atoms with Crippen LogP contribution >= 0.6 is 0 Å². The molecule has 1 aromatic heterocycles. The maximum absolute atomic E-state index is 11.1. The zero-order chi connectivity index (χ0) is 9.84. The Morgan fingerprint density at radius 1 is 1.69 bits per heavy atom. The first-order valence-electron chi connectivity index (χ1n) is 4.05. The third-order valence-electron chi connectivity index (χ3n) is 1.59. The second-order valence-corrected chi connectivity index (χ2v) is 3.10. The van der Waals surface area contributed by atoms with E-state index < -0.39 is 0 Å². The summed E-state index contributed by atoms with van der Waals surface area (Å²) in [4.78, 5) is 12.6. The standard InChI is InChI=1S/C8H14N4O/c1-6-4-7(11-10-6)5-9-8(13)12(2)3/h4H,5H2,1-3H3,(H,9,13)(H,10,11). The van der Waals surface area contributed by atoms with Crippen molar-refractivity contribution < 1.29 is 4.79 Å². The summed E-state index contributed by atoms with van der Waals surface area (Å²) in [7, 11) is 3.40. The monoisotopic (exact) mass is 182 g/mol. The van der Waals surface area contributed by atoms with Crippen LogP contribution in [0.3, 0.4) is 0 Å². The van der Waals surface area contributed by atoms with Gasteiger partial charge in [0, 0.05) is 19.8 Å². The summed E-state index contributed by atoms with van der Waals surface area (Å²) < 4.78 is 0. The molecule has 0 atom stereocenters. The second-order valence-electron chi connectivity index (χ2n) is 3.10. The van der Waals surface area contributed by atoms with Gasteiger partial charge in [-0.3, -0.25) is 5.10 Å². The molecule has 0 aliphatic carbocycles. The average Bonchev–Trinajstić information content (AvgIpc) is 2.47. The molecule has 5 nitrogen and oxygen atoms in total. The van der Waals surface area contributed by atoms with Crippen molar-refractivity contribution in [3.63, 3.8) is 0 Å². The molecule has 2 amide bonds. The lowest BCUT2D eigenvalue weighted by Gasteiger charge is -2.10. The highest BCUT2D eigenvalue weighted by Gasteiger charge is 2.03. The lowest BCUT2D eigenvalue weighted by atomic mass is 10.4. The number of H-pyrrole nitrogens is 1. The number of aryl methyl sites for hydroxylation is 1. The van der Waals surface area contributed by atoms with E-state index in [1.807, 2.05) is 13.0 Å². The van der Waals surface area contributed by atoms with Crippen molar-refractivity contribution in [1.82, 2.24) is 20.4 Å². The number of nitrogens with one attached hydrogen (secondary N) is 2. The van der Waals surface area contributed by atoms with E-state index >= 15 is 0 Å². The fourth-order valence-electron chi connectivity index (χ4n) is 0.889. The molecule has 0 aromatic carbocycles. The maximum atomic E-state index is 11.1. The summed E-state index contributed by atoms with van der Waals surface area (Å²) >= 11 is 0. The van der Waals surface area contributed by atoms with Gasteiger partial charge in [-0.25, -0.2) is 4.79 Å². The zero-order valence-electron chi connectivity index (χ0n) is 8.09. The smallest absolute Gasteiger partial charge is 0.317 e. The number of rotatable bonds is 2. The predicted molar refractivity (Wildman–Crippen MR) is 49.2 cm³/mol. The number of carbonyl (C=O) groups excluding carboxylic acids is 1. The van der Waals surface area contributed by atoms with Gasteiger partial charge >= 0.3 is 6.03 Å². The predicted octanol–water partition coefficient (Wildman–Crippen LogP) is 0.489. The molecule has 0 aliphatic heterocycles. The second kappa shape index (κ2) is 3.93. The Hall–Kier alpha value is -1.52. The first kappa shape index (κ1) is 9.57. The third-order valence-corrected chi connectivity index (χ3v) is 1.59. The Morgan fingerprint density at radius 2 is 2.38 bits per heavy atom. The van der Waals surface area contributed by atoms with Crippen LogP contribution in [0.5, 0.6) is 0 Å². The normalized spacial score (nSPS) is 9.77. The molecule has 0 unspecified atom stereocenters. The largest absolute Gasteiger partial charge is 0.332 e. The number of urea groups is 1. The van der Waals surface area contributed by atoms with Gasteiger partial charge in [0.1, 0.15) is 0 Å². The maximum Gasteiger partial charge on any atom is 0.317 e. The summed E-state index contributed by atoms with van der Waals surface area (Å²) in [5, 5.41) is 9.51. The zero-order valence-corrected chi connectivity index (χ0v) is 8.09. The highest BCUT2D eigenvalue weighted by molar-refractivity contribution is 5.73. The van der Waals surface area contributed by atoms with Crippen LogP contribution in [-0.2, 0) is 6.54 Å². The van der Waals surface area contributed by atoms with E-state index in [2.05, 4.69) is 15.5 Å². The Morgan fingerprint density at radius 3 is 2.85 bits per heavy atom. The van der Waals surface area contributed by atoms with Crippen LogP contribution < -0.4 is 5.32 Å². The Balaban J connectivity index is 2.39. The molecule has 72 valence electrons. The van der Waals surface area contributed by atoms with E-state index in [1.165, 1.54) is 4.90 Å². The molecular formula is C8H14N4O. The number of hydrogen-bond donors (Lipinski definition) is 2. The molecule has 0 aliphatic rings. The molecule has 0 saturated heterocycles. The van der Waals surface area contributed by atoms with Crippen molar-refractivity contribution in [1.29, 1.82) is 0 Å². The number of hydrogen-bond acceptors (Lipinski definition) is 2. The van der Waals surface area contributed by atoms with Gasteiger partial charge in [-0.2, -0.15) is 5.10 Å². The van der Waals surface area contributed by atoms with Crippen molar-refractivity contribution in [2.24, 2.45) is 0 Å². The van der Waals surface area contributed by atoms with E-state index in [0.717, 1.165) is 11.4 Å². The molecule has 0 saturated carbocycles. The van der Waals surface area contributed by atoms with Crippen LogP contribution in [0.25, 0.3) is 0 Å². The van der Waals surface area contributed by atoms with Gasteiger partial charge in [-0.15, -0.1) is 0 Å². The van der Waals surface area contributed by atoms with Crippen LogP contribution in [0.2, 0.25) is 0 Å². The molecule has 13 heavy (non-hydrogen) atoms. The Kier molecular flexibility index (Phi) is 2.89. The summed E-state index contributed by atoms with van der Waals surface area (Å²) in [6.07, 6.45) is 0. The SMILES string of the molecule is Cc1cc(CNC(=O)N(C)C)n[nH]1. The molecule has 2 N–H and O–H groups in total. The first-order chi connectivity index (χ1) is 6.09. The van der Waals surface area contributed by atoms with E-state index in [4.69, 9.17) is 0 Å². The highest BCUT2D eigenvalue weighted by atomic mass is 16.2. The van der Waals surface area contributed by atoms with Gasteiger partial charge in [-0.1, -0.05) is 0 Å². The topological polar surface area (TPSA) is 61.0 Å². The third kappa shape index (κ3) is 2.77. The van der Waals surface area contributed by atoms with Crippen LogP contribution in [0.4, 0.5) is 4.79 Å². The van der Waals surface area contributed by atoms with Crippen LogP contribution in [0, 0.1) is 6.92 Å². The van der Waals surface area contributed by atoms with Crippen LogP contribution in [0.1, 0.15) is 11.4 Å². The van der Waals surface area contributed by atoms with Crippen molar-refractivity contribution in [2.45, 2.75) is 13.5 Å². The van der Waals surface area contributed by atoms with Gasteiger partial charge in [0.15, 0.2) is 0 Å². The van der Waals surface area contributed by atoms with E-state index in [0.29, 0.717) is 6.54 Å². The number of amides is 2. The van der Waals surface area contributed by atoms with Crippen molar-refractivity contribution in [2.75, 3.05) is 14.1 Å². The number of aromatic nitrogens is 2. The minimum absolute atomic E-state index is 0.111. The van der Waals surface area contributed by atoms with Crippen molar-refractivity contribution >= 4 is 6.03 Å². The summed E-state index contributed by atoms with van der Waals surface area (Å²) in [5.41, 5.74) is 1.84. The van der Waals surface area contributed by atoms with E-state index in [9.17, 15) is 4.79 Å². The van der Waals surface area contributed by atoms with Gasteiger partial charge in [0.2, 0.25) is 0 Å². The molecule has 0 fully saturated rings. The quantitative estimate of drug-likeness (QED) is 0.699. The fraction of sp³-hybridized carbons (Fsp3) is 0.500. The van der Waals surface area contributed by atoms with Gasteiger partial charge in [0.05, 0.1) is 12.2 Å². The van der Waals surface area contributed by atoms with E-state index in [-0.39, 0.29) is 6.03 Å². The minimum Gasteiger partial charge on any atom is -0.332 e. The summed E-state index contributed by atoms with van der Waals surface area (Å²) in [6.45, 7) is 2.38. The number of carbonyl (C=O) groups is 1. The summed E-state index contributed by atoms with van der Waals surface area (Å²) in [6, 6.07) is 1.79. The van der Waals surface area contributed by atoms with Crippen LogP contribution in [-0.4, -0.2) is 35.2 Å². The van der Waals surface area contributed by atoms with Gasteiger partial charge in [0.25, 0.3) is 0 Å². The molecule has 1 heterocycles. The van der Waals surface area contributed by atoms with E-state index in [1.54, 1.807) is 14.1 Å². The molecule has 5 heteroatoms. The first-order valence-corrected chi connectivity index (χ1v) is 4.05. The highest BCUT2D eigenvalue weighted by Crippen LogP contribution is 1.96.